The second kappa shape index (κ2) is 6.05. The number of ether oxygens (including phenoxy) is 1. The number of nitrogens with two attached hydrogens (primary N) is 1. The zero-order chi connectivity index (χ0) is 15.6. The third-order valence-corrected chi connectivity index (χ3v) is 3.64. The number of hydrogen-bond acceptors (Lipinski definition) is 5. The maximum absolute atomic E-state index is 5.87. The topological polar surface area (TPSA) is 64.3 Å². The number of aryl methyl sites for hydroxylation is 1. The zero-order valence-electron chi connectivity index (χ0n) is 12.5. The van der Waals surface area contributed by atoms with Crippen molar-refractivity contribution in [3.05, 3.63) is 41.1 Å². The second-order valence-electron chi connectivity index (χ2n) is 4.73. The molecule has 0 radical (unpaired) electrons. The molecule has 5 nitrogen and oxygen atoms in total. The van der Waals surface area contributed by atoms with Gasteiger partial charge in [-0.3, -0.25) is 0 Å². The van der Waals surface area contributed by atoms with Gasteiger partial charge in [-0.15, -0.1) is 5.10 Å². The van der Waals surface area contributed by atoms with E-state index in [0.29, 0.717) is 10.8 Å². The van der Waals surface area contributed by atoms with Gasteiger partial charge in [0.2, 0.25) is 0 Å². The SMILES string of the molecule is COc1cccc(N(C)c2nnc(C)c(C)c2C(N)=S)c1. The van der Waals surface area contributed by atoms with Crippen molar-refractivity contribution in [1.29, 1.82) is 0 Å². The van der Waals surface area contributed by atoms with Crippen LogP contribution in [0.2, 0.25) is 0 Å². The van der Waals surface area contributed by atoms with E-state index in [1.807, 2.05) is 50.1 Å². The third-order valence-electron chi connectivity index (χ3n) is 3.44. The van der Waals surface area contributed by atoms with Crippen molar-refractivity contribution in [2.75, 3.05) is 19.1 Å². The molecular weight excluding hydrogens is 284 g/mol. The Morgan fingerprint density at radius 3 is 2.62 bits per heavy atom. The highest BCUT2D eigenvalue weighted by Gasteiger charge is 2.18. The molecule has 1 heterocycles. The molecule has 0 fully saturated rings. The molecule has 0 amide bonds. The first-order valence-corrected chi connectivity index (χ1v) is 6.88. The molecule has 2 aromatic rings. The Morgan fingerprint density at radius 2 is 2.00 bits per heavy atom. The van der Waals surface area contributed by atoms with E-state index in [1.165, 1.54) is 0 Å². The first-order valence-electron chi connectivity index (χ1n) is 6.47. The van der Waals surface area contributed by atoms with Crippen LogP contribution in [0.25, 0.3) is 0 Å². The van der Waals surface area contributed by atoms with Gasteiger partial charge in [0, 0.05) is 18.8 Å². The lowest BCUT2D eigenvalue weighted by Gasteiger charge is -2.22. The number of aromatic nitrogens is 2. The van der Waals surface area contributed by atoms with Crippen LogP contribution in [-0.4, -0.2) is 29.3 Å². The summed E-state index contributed by atoms with van der Waals surface area (Å²) in [6, 6.07) is 7.68. The average Bonchev–Trinajstić information content (AvgIpc) is 2.48. The average molecular weight is 302 g/mol. The fourth-order valence-electron chi connectivity index (χ4n) is 2.07. The van der Waals surface area contributed by atoms with Crippen LogP contribution < -0.4 is 15.4 Å². The second-order valence-corrected chi connectivity index (χ2v) is 5.17. The van der Waals surface area contributed by atoms with Crippen molar-refractivity contribution in [1.82, 2.24) is 10.2 Å². The quantitative estimate of drug-likeness (QED) is 0.876. The molecule has 1 aromatic heterocycles. The van der Waals surface area contributed by atoms with Crippen LogP contribution in [0, 0.1) is 13.8 Å². The molecular formula is C15H18N4OS. The maximum atomic E-state index is 5.87. The predicted octanol–water partition coefficient (Wildman–Crippen LogP) is 2.50. The number of rotatable bonds is 4. The Bertz CT molecular complexity index is 687. The number of thiocarbonyl (C=S) groups is 1. The Kier molecular flexibility index (Phi) is 4.37. The summed E-state index contributed by atoms with van der Waals surface area (Å²) in [5, 5.41) is 8.43. The van der Waals surface area contributed by atoms with Crippen molar-refractivity contribution in [2.24, 2.45) is 5.73 Å². The van der Waals surface area contributed by atoms with Crippen LogP contribution in [0.3, 0.4) is 0 Å². The third kappa shape index (κ3) is 2.95. The summed E-state index contributed by atoms with van der Waals surface area (Å²) in [7, 11) is 3.53. The van der Waals surface area contributed by atoms with E-state index in [9.17, 15) is 0 Å². The van der Waals surface area contributed by atoms with Gasteiger partial charge < -0.3 is 15.4 Å². The van der Waals surface area contributed by atoms with Crippen molar-refractivity contribution in [2.45, 2.75) is 13.8 Å². The molecule has 0 atom stereocenters. The minimum atomic E-state index is 0.315. The van der Waals surface area contributed by atoms with E-state index in [-0.39, 0.29) is 0 Å². The molecule has 2 rings (SSSR count). The summed E-state index contributed by atoms with van der Waals surface area (Å²) in [5.74, 6) is 1.41. The minimum absolute atomic E-state index is 0.315. The van der Waals surface area contributed by atoms with Gasteiger partial charge in [0.15, 0.2) is 5.82 Å². The van der Waals surface area contributed by atoms with Crippen LogP contribution in [0.5, 0.6) is 5.75 Å². The van der Waals surface area contributed by atoms with Crippen LogP contribution in [0.4, 0.5) is 11.5 Å². The number of anilines is 2. The van der Waals surface area contributed by atoms with Crippen molar-refractivity contribution in [3.63, 3.8) is 0 Å². The Balaban J connectivity index is 2.55. The van der Waals surface area contributed by atoms with Gasteiger partial charge in [0.1, 0.15) is 10.7 Å². The van der Waals surface area contributed by atoms with E-state index in [4.69, 9.17) is 22.7 Å². The van der Waals surface area contributed by atoms with Gasteiger partial charge in [-0.1, -0.05) is 18.3 Å². The predicted molar refractivity (Wildman–Crippen MR) is 88.5 cm³/mol. The number of benzene rings is 1. The molecule has 2 N–H and O–H groups in total. The highest BCUT2D eigenvalue weighted by molar-refractivity contribution is 7.80. The van der Waals surface area contributed by atoms with Crippen LogP contribution in [0.1, 0.15) is 16.8 Å². The molecule has 0 unspecified atom stereocenters. The fraction of sp³-hybridized carbons (Fsp3) is 0.267. The molecule has 0 aliphatic rings. The molecule has 0 aliphatic carbocycles. The van der Waals surface area contributed by atoms with Crippen LogP contribution in [-0.2, 0) is 0 Å². The Morgan fingerprint density at radius 1 is 1.29 bits per heavy atom. The van der Waals surface area contributed by atoms with Gasteiger partial charge in [-0.2, -0.15) is 5.10 Å². The highest BCUT2D eigenvalue weighted by Crippen LogP contribution is 2.29. The van der Waals surface area contributed by atoms with Gasteiger partial charge in [0.05, 0.1) is 18.4 Å². The molecule has 0 bridgehead atoms. The van der Waals surface area contributed by atoms with Gasteiger partial charge in [-0.25, -0.2) is 0 Å². The lowest BCUT2D eigenvalue weighted by molar-refractivity contribution is 0.415. The molecule has 1 aromatic carbocycles. The molecule has 0 spiro atoms. The van der Waals surface area contributed by atoms with Crippen LogP contribution >= 0.6 is 12.2 Å². The van der Waals surface area contributed by atoms with Gasteiger partial charge >= 0.3 is 0 Å². The molecule has 6 heteroatoms. The van der Waals surface area contributed by atoms with E-state index in [0.717, 1.165) is 28.3 Å². The monoisotopic (exact) mass is 302 g/mol. The lowest BCUT2D eigenvalue weighted by atomic mass is 10.1. The summed E-state index contributed by atoms with van der Waals surface area (Å²) in [4.78, 5) is 2.21. The lowest BCUT2D eigenvalue weighted by Crippen LogP contribution is -2.22. The molecule has 0 saturated carbocycles. The van der Waals surface area contributed by atoms with E-state index >= 15 is 0 Å². The summed E-state index contributed by atoms with van der Waals surface area (Å²) < 4.78 is 5.25. The number of methoxy groups -OCH3 is 1. The van der Waals surface area contributed by atoms with Crippen molar-refractivity contribution in [3.8, 4) is 5.75 Å². The maximum Gasteiger partial charge on any atom is 0.165 e. The van der Waals surface area contributed by atoms with E-state index in [1.54, 1.807) is 7.11 Å². The molecule has 110 valence electrons. The van der Waals surface area contributed by atoms with E-state index in [2.05, 4.69) is 10.2 Å². The van der Waals surface area contributed by atoms with Crippen molar-refractivity contribution < 1.29 is 4.74 Å². The first kappa shape index (κ1) is 15.2. The molecule has 0 saturated heterocycles. The standard InChI is InChI=1S/C15H18N4OS/c1-9-10(2)17-18-15(13(9)14(16)21)19(3)11-6-5-7-12(8-11)20-4/h5-8H,1-4H3,(H2,16,21). The smallest absolute Gasteiger partial charge is 0.165 e. The Hall–Kier alpha value is -2.21. The summed E-state index contributed by atoms with van der Waals surface area (Å²) in [5.41, 5.74) is 9.31. The summed E-state index contributed by atoms with van der Waals surface area (Å²) in [6.45, 7) is 3.83. The van der Waals surface area contributed by atoms with Crippen LogP contribution in [0.15, 0.2) is 24.3 Å². The molecule has 0 aliphatic heterocycles. The van der Waals surface area contributed by atoms with Gasteiger partial charge in [-0.05, 0) is 31.5 Å². The Labute approximate surface area is 129 Å². The van der Waals surface area contributed by atoms with Gasteiger partial charge in [0.25, 0.3) is 0 Å². The first-order chi connectivity index (χ1) is 9.95. The normalized spacial score (nSPS) is 10.3. The molecule has 21 heavy (non-hydrogen) atoms. The minimum Gasteiger partial charge on any atom is -0.497 e. The summed E-state index contributed by atoms with van der Waals surface area (Å²) >= 11 is 5.17. The number of nitrogens with zero attached hydrogens (tertiary/aromatic N) is 3. The van der Waals surface area contributed by atoms with Crippen molar-refractivity contribution >= 4 is 28.7 Å². The highest BCUT2D eigenvalue weighted by atomic mass is 32.1. The largest absolute Gasteiger partial charge is 0.497 e. The fourth-order valence-corrected chi connectivity index (χ4v) is 2.31. The summed E-state index contributed by atoms with van der Waals surface area (Å²) in [6.07, 6.45) is 0. The zero-order valence-corrected chi connectivity index (χ0v) is 13.4. The number of hydrogen-bond donors (Lipinski definition) is 1. The van der Waals surface area contributed by atoms with E-state index < -0.39 is 0 Å².